The van der Waals surface area contributed by atoms with Crippen molar-refractivity contribution >= 4 is 32.8 Å². The van der Waals surface area contributed by atoms with Gasteiger partial charge in [-0.3, -0.25) is 0 Å². The molecule has 3 aromatic rings. The molecule has 0 aliphatic carbocycles. The predicted octanol–water partition coefficient (Wildman–Crippen LogP) is 4.96. The van der Waals surface area contributed by atoms with Gasteiger partial charge < -0.3 is 9.30 Å². The maximum atomic E-state index is 14.2. The van der Waals surface area contributed by atoms with Gasteiger partial charge in [-0.15, -0.1) is 0 Å². The third-order valence-corrected chi connectivity index (χ3v) is 8.97. The highest BCUT2D eigenvalue weighted by molar-refractivity contribution is 7.98. The van der Waals surface area contributed by atoms with Crippen molar-refractivity contribution in [2.75, 3.05) is 19.7 Å². The third-order valence-electron chi connectivity index (χ3n) is 5.92. The van der Waals surface area contributed by atoms with E-state index in [9.17, 15) is 21.6 Å². The molecule has 11 heteroatoms. The molecular weight excluding hydrogens is 487 g/mol. The maximum absolute atomic E-state index is 14.2. The fourth-order valence-corrected chi connectivity index (χ4v) is 6.59. The van der Waals surface area contributed by atoms with Crippen LogP contribution >= 0.6 is 11.8 Å². The van der Waals surface area contributed by atoms with Crippen molar-refractivity contribution in [2.45, 2.75) is 55.1 Å². The quantitative estimate of drug-likeness (QED) is 0.299. The Hall–Kier alpha value is -2.08. The second kappa shape index (κ2) is 10.3. The fourth-order valence-electron chi connectivity index (χ4n) is 4.08. The highest BCUT2D eigenvalue weighted by atomic mass is 32.2. The zero-order valence-electron chi connectivity index (χ0n) is 18.9. The summed E-state index contributed by atoms with van der Waals surface area (Å²) in [5, 5.41) is 0.450. The first-order valence-corrected chi connectivity index (χ1v) is 13.6. The Labute approximate surface area is 201 Å². The van der Waals surface area contributed by atoms with Crippen LogP contribution in [-0.2, 0) is 27.1 Å². The van der Waals surface area contributed by atoms with Gasteiger partial charge in [0.25, 0.3) is 0 Å². The van der Waals surface area contributed by atoms with Crippen LogP contribution in [-0.4, -0.2) is 48.1 Å². The van der Waals surface area contributed by atoms with E-state index in [4.69, 9.17) is 4.74 Å². The molecule has 1 aliphatic rings. The molecule has 2 aromatic carbocycles. The van der Waals surface area contributed by atoms with Crippen LogP contribution in [0.3, 0.4) is 0 Å². The van der Waals surface area contributed by atoms with E-state index in [0.717, 1.165) is 36.7 Å². The molecule has 1 atom stereocenters. The molecule has 1 saturated heterocycles. The van der Waals surface area contributed by atoms with Crippen LogP contribution in [0.4, 0.5) is 13.2 Å². The molecule has 6 nitrogen and oxygen atoms in total. The molecule has 0 bridgehead atoms. The summed E-state index contributed by atoms with van der Waals surface area (Å²) in [4.78, 5) is 4.71. The minimum atomic E-state index is -3.68. The Balaban J connectivity index is 1.73. The first-order chi connectivity index (χ1) is 16.3. The van der Waals surface area contributed by atoms with Crippen molar-refractivity contribution in [3.8, 4) is 0 Å². The SMILES string of the molecule is CCN(CC)S(=O)(=O)c1ccc2c(c1)nc(SCc1c(F)ccc(F)c1F)n2CC1CCCO1. The van der Waals surface area contributed by atoms with E-state index in [2.05, 4.69) is 4.98 Å². The first kappa shape index (κ1) is 25.0. The van der Waals surface area contributed by atoms with Crippen LogP contribution < -0.4 is 0 Å². The summed E-state index contributed by atoms with van der Waals surface area (Å²) in [5.41, 5.74) is 0.774. The normalized spacial score (nSPS) is 16.7. The number of rotatable bonds is 9. The molecule has 1 fully saturated rings. The fraction of sp³-hybridized carbons (Fsp3) is 0.435. The lowest BCUT2D eigenvalue weighted by atomic mass is 10.2. The zero-order valence-corrected chi connectivity index (χ0v) is 20.6. The number of fused-ring (bicyclic) bond motifs is 1. The summed E-state index contributed by atoms with van der Waals surface area (Å²) in [6.45, 7) is 5.36. The predicted molar refractivity (Wildman–Crippen MR) is 125 cm³/mol. The molecule has 1 unspecified atom stereocenters. The van der Waals surface area contributed by atoms with Crippen LogP contribution in [0.2, 0.25) is 0 Å². The van der Waals surface area contributed by atoms with Crippen molar-refractivity contribution in [2.24, 2.45) is 0 Å². The van der Waals surface area contributed by atoms with E-state index in [1.165, 1.54) is 10.4 Å². The molecule has 4 rings (SSSR count). The number of halogens is 3. The van der Waals surface area contributed by atoms with Crippen LogP contribution in [0, 0.1) is 17.5 Å². The second-order valence-electron chi connectivity index (χ2n) is 7.99. The average molecular weight is 514 g/mol. The van der Waals surface area contributed by atoms with Gasteiger partial charge in [0.15, 0.2) is 16.8 Å². The molecule has 0 saturated carbocycles. The highest BCUT2D eigenvalue weighted by Crippen LogP contribution is 2.32. The summed E-state index contributed by atoms with van der Waals surface area (Å²) < 4.78 is 76.9. The molecule has 184 valence electrons. The monoisotopic (exact) mass is 513 g/mol. The Morgan fingerprint density at radius 2 is 1.88 bits per heavy atom. The van der Waals surface area contributed by atoms with Crippen molar-refractivity contribution in [1.82, 2.24) is 13.9 Å². The third kappa shape index (κ3) is 4.84. The van der Waals surface area contributed by atoms with E-state index in [1.54, 1.807) is 26.0 Å². The van der Waals surface area contributed by atoms with E-state index in [-0.39, 0.29) is 22.3 Å². The minimum absolute atomic E-state index is 0.0431. The molecule has 0 amide bonds. The van der Waals surface area contributed by atoms with Gasteiger partial charge in [-0.2, -0.15) is 4.31 Å². The molecule has 34 heavy (non-hydrogen) atoms. The van der Waals surface area contributed by atoms with E-state index in [0.29, 0.717) is 42.4 Å². The number of thioether (sulfide) groups is 1. The molecule has 0 N–H and O–H groups in total. The summed E-state index contributed by atoms with van der Waals surface area (Å²) in [6, 6.07) is 6.41. The van der Waals surface area contributed by atoms with Gasteiger partial charge in [-0.25, -0.2) is 26.6 Å². The van der Waals surface area contributed by atoms with Crippen LogP contribution in [0.15, 0.2) is 40.4 Å². The van der Waals surface area contributed by atoms with Crippen molar-refractivity contribution < 1.29 is 26.3 Å². The lowest BCUT2D eigenvalue weighted by molar-refractivity contribution is 0.0960. The van der Waals surface area contributed by atoms with Crippen LogP contribution in [0.5, 0.6) is 0 Å². The second-order valence-corrected chi connectivity index (χ2v) is 10.9. The summed E-state index contributed by atoms with van der Waals surface area (Å²) >= 11 is 1.06. The number of nitrogens with zero attached hydrogens (tertiary/aromatic N) is 3. The van der Waals surface area contributed by atoms with Gasteiger partial charge in [0.1, 0.15) is 5.82 Å². The average Bonchev–Trinajstić information content (AvgIpc) is 3.45. The topological polar surface area (TPSA) is 64.4 Å². The van der Waals surface area contributed by atoms with Crippen molar-refractivity contribution in [3.05, 3.63) is 53.3 Å². The van der Waals surface area contributed by atoms with E-state index >= 15 is 0 Å². The van der Waals surface area contributed by atoms with Crippen LogP contribution in [0.1, 0.15) is 32.3 Å². The Morgan fingerprint density at radius 1 is 1.15 bits per heavy atom. The van der Waals surface area contributed by atoms with E-state index < -0.39 is 27.5 Å². The zero-order chi connectivity index (χ0) is 24.5. The number of aromatic nitrogens is 2. The number of imidazole rings is 1. The number of ether oxygens (including phenoxy) is 1. The molecule has 0 spiro atoms. The van der Waals surface area contributed by atoms with E-state index in [1.807, 2.05) is 4.57 Å². The van der Waals surface area contributed by atoms with Crippen LogP contribution in [0.25, 0.3) is 11.0 Å². The largest absolute Gasteiger partial charge is 0.376 e. The summed E-state index contributed by atoms with van der Waals surface area (Å²) in [5.74, 6) is -3.34. The summed E-state index contributed by atoms with van der Waals surface area (Å²) in [6.07, 6.45) is 1.76. The van der Waals surface area contributed by atoms with Crippen molar-refractivity contribution in [3.63, 3.8) is 0 Å². The number of hydrogen-bond acceptors (Lipinski definition) is 5. The molecule has 1 aliphatic heterocycles. The molecule has 2 heterocycles. The Morgan fingerprint density at radius 3 is 2.56 bits per heavy atom. The molecular formula is C23H26F3N3O3S2. The summed E-state index contributed by atoms with van der Waals surface area (Å²) in [7, 11) is -3.68. The van der Waals surface area contributed by atoms with Gasteiger partial charge >= 0.3 is 0 Å². The number of sulfonamides is 1. The Kier molecular flexibility index (Phi) is 7.56. The van der Waals surface area contributed by atoms with Gasteiger partial charge in [0.2, 0.25) is 10.0 Å². The smallest absolute Gasteiger partial charge is 0.243 e. The van der Waals surface area contributed by atoms with Gasteiger partial charge in [0.05, 0.1) is 28.6 Å². The highest BCUT2D eigenvalue weighted by Gasteiger charge is 2.25. The molecule has 0 radical (unpaired) electrons. The first-order valence-electron chi connectivity index (χ1n) is 11.1. The van der Waals surface area contributed by atoms with Gasteiger partial charge in [0, 0.05) is 31.0 Å². The standard InChI is InChI=1S/C23H26F3N3O3S2/c1-3-28(4-2)34(30,31)16-7-10-21-20(12-16)27-23(29(21)13-15-6-5-11-32-15)33-14-17-18(24)8-9-19(25)22(17)26/h7-10,12,15H,3-6,11,13-14H2,1-2H3. The molecule has 1 aromatic heterocycles. The minimum Gasteiger partial charge on any atom is -0.376 e. The van der Waals surface area contributed by atoms with Crippen molar-refractivity contribution in [1.29, 1.82) is 0 Å². The Bertz CT molecular complexity index is 1290. The number of benzene rings is 2. The number of hydrogen-bond donors (Lipinski definition) is 0. The lowest BCUT2D eigenvalue weighted by Crippen LogP contribution is -2.30. The van der Waals surface area contributed by atoms with Gasteiger partial charge in [-0.05, 0) is 43.2 Å². The van der Waals surface area contributed by atoms with Gasteiger partial charge in [-0.1, -0.05) is 25.6 Å². The maximum Gasteiger partial charge on any atom is 0.243 e. The lowest BCUT2D eigenvalue weighted by Gasteiger charge is -2.18.